The summed E-state index contributed by atoms with van der Waals surface area (Å²) in [5, 5.41) is 18.9. The molecule has 0 radical (unpaired) electrons. The molecule has 6 nitrogen and oxygen atoms in total. The average Bonchev–Trinajstić information content (AvgIpc) is 3.35. The number of aromatic nitrogens is 2. The smallest absolute Gasteiger partial charge is 0.408 e. The van der Waals surface area contributed by atoms with Gasteiger partial charge in [0.05, 0.1) is 23.5 Å². The van der Waals surface area contributed by atoms with Crippen molar-refractivity contribution in [1.29, 1.82) is 5.26 Å². The number of rotatable bonds is 3. The maximum atomic E-state index is 13.6. The highest BCUT2D eigenvalue weighted by Gasteiger charge is 2.38. The lowest BCUT2D eigenvalue weighted by Gasteiger charge is -2.38. The largest absolute Gasteiger partial charge is 0.465 e. The number of nitrogens with zero attached hydrogens (tertiary/aromatic N) is 3. The number of H-pyrrole nitrogens is 1. The van der Waals surface area contributed by atoms with Crippen LogP contribution in [0, 0.1) is 17.1 Å². The van der Waals surface area contributed by atoms with Gasteiger partial charge in [0, 0.05) is 16.7 Å². The molecule has 1 aliphatic rings. The number of fused-ring (bicyclic) bond motifs is 1. The monoisotopic (exact) mass is 418 g/mol. The Bertz CT molecular complexity index is 1200. The Kier molecular flexibility index (Phi) is 5.02. The quantitative estimate of drug-likeness (QED) is 0.586. The summed E-state index contributed by atoms with van der Waals surface area (Å²) in [6, 6.07) is 11.9. The molecule has 4 rings (SSSR count). The first-order valence-corrected chi connectivity index (χ1v) is 10.1. The molecule has 2 N–H and O–H groups in total. The van der Waals surface area contributed by atoms with E-state index >= 15 is 0 Å². The van der Waals surface area contributed by atoms with Crippen molar-refractivity contribution in [3.63, 3.8) is 0 Å². The third-order valence-electron chi connectivity index (χ3n) is 5.71. The zero-order valence-corrected chi connectivity index (χ0v) is 17.6. The minimum absolute atomic E-state index is 0.0326. The summed E-state index contributed by atoms with van der Waals surface area (Å²) in [6.45, 7) is 5.72. The number of imidazole rings is 1. The van der Waals surface area contributed by atoms with Crippen molar-refractivity contribution >= 4 is 6.09 Å². The van der Waals surface area contributed by atoms with E-state index in [0.717, 1.165) is 35.2 Å². The van der Waals surface area contributed by atoms with E-state index in [0.29, 0.717) is 11.4 Å². The first-order chi connectivity index (χ1) is 14.7. The molecular weight excluding hydrogens is 395 g/mol. The summed E-state index contributed by atoms with van der Waals surface area (Å²) < 4.78 is 13.6. The van der Waals surface area contributed by atoms with Crippen molar-refractivity contribution in [1.82, 2.24) is 14.9 Å². The molecule has 1 aromatic heterocycles. The Morgan fingerprint density at radius 1 is 1.32 bits per heavy atom. The predicted molar refractivity (Wildman–Crippen MR) is 115 cm³/mol. The van der Waals surface area contributed by atoms with Crippen LogP contribution in [0.1, 0.15) is 49.9 Å². The second-order valence-electron chi connectivity index (χ2n) is 8.70. The van der Waals surface area contributed by atoms with Crippen LogP contribution in [0.2, 0.25) is 0 Å². The third kappa shape index (κ3) is 3.66. The van der Waals surface area contributed by atoms with Crippen molar-refractivity contribution in [2.45, 2.75) is 45.2 Å². The fourth-order valence-electron chi connectivity index (χ4n) is 4.40. The molecule has 1 aliphatic carbocycles. The van der Waals surface area contributed by atoms with Gasteiger partial charge in [-0.25, -0.2) is 14.2 Å². The maximum absolute atomic E-state index is 13.6. The third-order valence-corrected chi connectivity index (χ3v) is 5.71. The highest BCUT2D eigenvalue weighted by Crippen LogP contribution is 2.43. The molecule has 3 aromatic rings. The molecule has 0 aliphatic heterocycles. The summed E-state index contributed by atoms with van der Waals surface area (Å²) >= 11 is 0. The van der Waals surface area contributed by atoms with Gasteiger partial charge in [-0.15, -0.1) is 0 Å². The minimum atomic E-state index is -0.927. The molecule has 31 heavy (non-hydrogen) atoms. The van der Waals surface area contributed by atoms with E-state index < -0.39 is 17.4 Å². The van der Waals surface area contributed by atoms with Crippen LogP contribution >= 0.6 is 0 Å². The van der Waals surface area contributed by atoms with Gasteiger partial charge in [0.2, 0.25) is 0 Å². The van der Waals surface area contributed by atoms with Gasteiger partial charge >= 0.3 is 6.09 Å². The van der Waals surface area contributed by atoms with Gasteiger partial charge < -0.3 is 10.1 Å². The zero-order valence-electron chi connectivity index (χ0n) is 17.6. The summed E-state index contributed by atoms with van der Waals surface area (Å²) in [6.07, 6.45) is 2.27. The van der Waals surface area contributed by atoms with Crippen molar-refractivity contribution in [3.8, 4) is 28.7 Å². The standard InChI is InChI=1S/C24H23FN4O2/c1-24(2,3)29(23(30)31)21-10-8-16-17(5-4-6-18(16)21)20-13-27-22(28-20)14-7-9-19(25)15(11-14)12-26/h4-7,9,11,13,21H,8,10H2,1-3H3,(H,27,28)(H,30,31)/t21-/m0/s1. The normalized spacial score (nSPS) is 15.4. The number of amides is 1. The minimum Gasteiger partial charge on any atom is -0.465 e. The number of benzene rings is 2. The van der Waals surface area contributed by atoms with E-state index in [1.54, 1.807) is 12.3 Å². The number of carbonyl (C=O) groups is 1. The number of carboxylic acid groups (broad SMARTS) is 1. The van der Waals surface area contributed by atoms with E-state index in [9.17, 15) is 14.3 Å². The lowest BCUT2D eigenvalue weighted by atomic mass is 9.97. The number of hydrogen-bond donors (Lipinski definition) is 2. The molecule has 158 valence electrons. The zero-order chi connectivity index (χ0) is 22.3. The summed E-state index contributed by atoms with van der Waals surface area (Å²) in [4.78, 5) is 21.2. The van der Waals surface area contributed by atoms with Gasteiger partial charge in [0.25, 0.3) is 0 Å². The second kappa shape index (κ2) is 7.55. The Morgan fingerprint density at radius 3 is 2.77 bits per heavy atom. The van der Waals surface area contributed by atoms with Crippen molar-refractivity contribution < 1.29 is 14.3 Å². The van der Waals surface area contributed by atoms with E-state index in [2.05, 4.69) is 9.97 Å². The Labute approximate surface area is 180 Å². The van der Waals surface area contributed by atoms with Crippen LogP contribution in [0.25, 0.3) is 22.6 Å². The average molecular weight is 418 g/mol. The highest BCUT2D eigenvalue weighted by molar-refractivity contribution is 5.72. The molecule has 1 atom stereocenters. The lowest BCUT2D eigenvalue weighted by molar-refractivity contribution is 0.0701. The topological polar surface area (TPSA) is 93.0 Å². The fraction of sp³-hybridized carbons (Fsp3) is 0.292. The van der Waals surface area contributed by atoms with Gasteiger partial charge in [-0.2, -0.15) is 5.26 Å². The first kappa shape index (κ1) is 20.6. The van der Waals surface area contributed by atoms with Gasteiger partial charge in [0.1, 0.15) is 17.7 Å². The lowest BCUT2D eigenvalue weighted by Crippen LogP contribution is -2.46. The van der Waals surface area contributed by atoms with Gasteiger partial charge in [0.15, 0.2) is 0 Å². The molecule has 0 bridgehead atoms. The molecule has 1 amide bonds. The molecule has 0 saturated heterocycles. The van der Waals surface area contributed by atoms with E-state index in [1.165, 1.54) is 17.0 Å². The van der Waals surface area contributed by atoms with Gasteiger partial charge in [-0.1, -0.05) is 18.2 Å². The summed E-state index contributed by atoms with van der Waals surface area (Å²) in [7, 11) is 0. The number of hydrogen-bond acceptors (Lipinski definition) is 3. The van der Waals surface area contributed by atoms with Crippen molar-refractivity contribution in [2.75, 3.05) is 0 Å². The number of halogens is 1. The molecule has 0 unspecified atom stereocenters. The Balaban J connectivity index is 1.72. The van der Waals surface area contributed by atoms with Crippen LogP contribution in [0.5, 0.6) is 0 Å². The van der Waals surface area contributed by atoms with Crippen molar-refractivity contribution in [3.05, 3.63) is 65.1 Å². The predicted octanol–water partition coefficient (Wildman–Crippen LogP) is 5.52. The molecule has 0 fully saturated rings. The second-order valence-corrected chi connectivity index (χ2v) is 8.70. The van der Waals surface area contributed by atoms with E-state index in [4.69, 9.17) is 5.26 Å². The summed E-state index contributed by atoms with van der Waals surface area (Å²) in [5.41, 5.74) is 3.97. The number of nitrogens with one attached hydrogen (secondary N) is 1. The van der Waals surface area contributed by atoms with E-state index in [1.807, 2.05) is 45.0 Å². The molecule has 1 heterocycles. The van der Waals surface area contributed by atoms with Crippen LogP contribution < -0.4 is 0 Å². The number of aromatic amines is 1. The molecule has 7 heteroatoms. The Hall–Kier alpha value is -3.66. The molecule has 0 spiro atoms. The maximum Gasteiger partial charge on any atom is 0.408 e. The molecule has 0 saturated carbocycles. The van der Waals surface area contributed by atoms with Crippen LogP contribution in [-0.4, -0.2) is 31.6 Å². The summed E-state index contributed by atoms with van der Waals surface area (Å²) in [5.74, 6) is -0.0210. The molecular formula is C24H23FN4O2. The first-order valence-electron chi connectivity index (χ1n) is 10.1. The van der Waals surface area contributed by atoms with Gasteiger partial charge in [-0.05, 0) is 62.9 Å². The van der Waals surface area contributed by atoms with Crippen molar-refractivity contribution in [2.24, 2.45) is 0 Å². The fourth-order valence-corrected chi connectivity index (χ4v) is 4.40. The van der Waals surface area contributed by atoms with Gasteiger partial charge in [-0.3, -0.25) is 4.90 Å². The Morgan fingerprint density at radius 2 is 2.10 bits per heavy atom. The van der Waals surface area contributed by atoms with Crippen LogP contribution in [0.15, 0.2) is 42.6 Å². The van der Waals surface area contributed by atoms with Crippen LogP contribution in [-0.2, 0) is 6.42 Å². The SMILES string of the molecule is CC(C)(C)N(C(=O)O)[C@H]1CCc2c(-c3cnc(-c4ccc(F)c(C#N)c4)[nH]3)cccc21. The van der Waals surface area contributed by atoms with Crippen LogP contribution in [0.4, 0.5) is 9.18 Å². The molecule has 2 aromatic carbocycles. The van der Waals surface area contributed by atoms with Crippen LogP contribution in [0.3, 0.4) is 0 Å². The number of nitriles is 1. The highest BCUT2D eigenvalue weighted by atomic mass is 19.1. The van der Waals surface area contributed by atoms with E-state index in [-0.39, 0.29) is 11.6 Å².